The zero-order valence-electron chi connectivity index (χ0n) is 12.1. The van der Waals surface area contributed by atoms with Crippen LogP contribution in [0.25, 0.3) is 0 Å². The standard InChI is InChI=1S/C18H19FO/c1-12(2)15-6-4-14(5-7-15)10-18(20)16-8-13(3)9-17(19)11-16/h4-9,11-12H,10H2,1-3H3. The fraction of sp³-hybridized carbons (Fsp3) is 0.278. The first-order valence-electron chi connectivity index (χ1n) is 6.85. The van der Waals surface area contributed by atoms with Crippen LogP contribution >= 0.6 is 0 Å². The third-order valence-electron chi connectivity index (χ3n) is 3.38. The maximum atomic E-state index is 13.3. The molecule has 0 heterocycles. The third-order valence-corrected chi connectivity index (χ3v) is 3.38. The molecule has 2 rings (SSSR count). The van der Waals surface area contributed by atoms with Gasteiger partial charge in [-0.15, -0.1) is 0 Å². The van der Waals surface area contributed by atoms with E-state index in [1.807, 2.05) is 24.3 Å². The van der Waals surface area contributed by atoms with Crippen molar-refractivity contribution in [3.8, 4) is 0 Å². The predicted molar refractivity (Wildman–Crippen MR) is 79.7 cm³/mol. The number of carbonyl (C=O) groups excluding carboxylic acids is 1. The molecule has 0 aliphatic rings. The molecule has 0 fully saturated rings. The van der Waals surface area contributed by atoms with Gasteiger partial charge in [0.2, 0.25) is 0 Å². The maximum absolute atomic E-state index is 13.3. The molecule has 0 aromatic heterocycles. The molecule has 0 aliphatic heterocycles. The van der Waals surface area contributed by atoms with E-state index in [0.717, 1.165) is 11.1 Å². The van der Waals surface area contributed by atoms with Gasteiger partial charge in [-0.05, 0) is 47.7 Å². The first kappa shape index (κ1) is 14.4. The Balaban J connectivity index is 2.14. The fourth-order valence-electron chi connectivity index (χ4n) is 2.21. The van der Waals surface area contributed by atoms with Gasteiger partial charge < -0.3 is 0 Å². The molecule has 2 aromatic carbocycles. The van der Waals surface area contributed by atoms with Gasteiger partial charge in [-0.25, -0.2) is 4.39 Å². The van der Waals surface area contributed by atoms with Gasteiger partial charge in [0.05, 0.1) is 0 Å². The first-order valence-corrected chi connectivity index (χ1v) is 6.85. The number of rotatable bonds is 4. The topological polar surface area (TPSA) is 17.1 Å². The third kappa shape index (κ3) is 3.53. The highest BCUT2D eigenvalue weighted by Crippen LogP contribution is 2.16. The van der Waals surface area contributed by atoms with Crippen LogP contribution in [0.3, 0.4) is 0 Å². The molecule has 1 nitrogen and oxygen atoms in total. The quantitative estimate of drug-likeness (QED) is 0.737. The molecule has 20 heavy (non-hydrogen) atoms. The van der Waals surface area contributed by atoms with E-state index < -0.39 is 0 Å². The van der Waals surface area contributed by atoms with E-state index in [4.69, 9.17) is 0 Å². The number of hydrogen-bond acceptors (Lipinski definition) is 1. The molecular formula is C18H19FO. The van der Waals surface area contributed by atoms with Crippen LogP contribution in [0, 0.1) is 12.7 Å². The summed E-state index contributed by atoms with van der Waals surface area (Å²) < 4.78 is 13.3. The van der Waals surface area contributed by atoms with Crippen molar-refractivity contribution in [2.75, 3.05) is 0 Å². The molecule has 0 radical (unpaired) electrons. The van der Waals surface area contributed by atoms with Gasteiger partial charge in [0.1, 0.15) is 5.82 Å². The van der Waals surface area contributed by atoms with Crippen LogP contribution in [0.4, 0.5) is 4.39 Å². The molecule has 0 N–H and O–H groups in total. The van der Waals surface area contributed by atoms with E-state index in [-0.39, 0.29) is 11.6 Å². The molecule has 0 unspecified atom stereocenters. The number of ketones is 1. The minimum Gasteiger partial charge on any atom is -0.294 e. The van der Waals surface area contributed by atoms with Gasteiger partial charge in [0.25, 0.3) is 0 Å². The number of hydrogen-bond donors (Lipinski definition) is 0. The summed E-state index contributed by atoms with van der Waals surface area (Å²) in [5.41, 5.74) is 3.42. The van der Waals surface area contributed by atoms with Gasteiger partial charge in [0, 0.05) is 12.0 Å². The van der Waals surface area contributed by atoms with Crippen LogP contribution in [-0.4, -0.2) is 5.78 Å². The number of carbonyl (C=O) groups is 1. The van der Waals surface area contributed by atoms with Crippen molar-refractivity contribution in [3.05, 3.63) is 70.5 Å². The summed E-state index contributed by atoms with van der Waals surface area (Å²) in [5, 5.41) is 0. The molecule has 0 saturated heterocycles. The second-order valence-electron chi connectivity index (χ2n) is 5.51. The minimum atomic E-state index is -0.358. The van der Waals surface area contributed by atoms with Gasteiger partial charge in [0.15, 0.2) is 5.78 Å². The Morgan fingerprint density at radius 1 is 1.10 bits per heavy atom. The Bertz CT molecular complexity index is 592. The lowest BCUT2D eigenvalue weighted by Crippen LogP contribution is -2.04. The monoisotopic (exact) mass is 270 g/mol. The van der Waals surface area contributed by atoms with Crippen LogP contribution in [0.1, 0.15) is 46.8 Å². The number of halogens is 1. The normalized spacial score (nSPS) is 10.8. The van der Waals surface area contributed by atoms with Gasteiger partial charge in [-0.3, -0.25) is 4.79 Å². The molecule has 2 heteroatoms. The van der Waals surface area contributed by atoms with Crippen LogP contribution in [0.5, 0.6) is 0 Å². The van der Waals surface area contributed by atoms with Gasteiger partial charge >= 0.3 is 0 Å². The smallest absolute Gasteiger partial charge is 0.167 e. The van der Waals surface area contributed by atoms with E-state index in [2.05, 4.69) is 13.8 Å². The van der Waals surface area contributed by atoms with E-state index in [9.17, 15) is 9.18 Å². The second kappa shape index (κ2) is 6.00. The molecule has 2 aromatic rings. The highest BCUT2D eigenvalue weighted by Gasteiger charge is 2.09. The first-order chi connectivity index (χ1) is 9.45. The molecular weight excluding hydrogens is 251 g/mol. The lowest BCUT2D eigenvalue weighted by molar-refractivity contribution is 0.0992. The minimum absolute atomic E-state index is 0.0510. The zero-order chi connectivity index (χ0) is 14.7. The average Bonchev–Trinajstić information content (AvgIpc) is 2.38. The van der Waals surface area contributed by atoms with Gasteiger partial charge in [-0.2, -0.15) is 0 Å². The van der Waals surface area contributed by atoms with Crippen molar-refractivity contribution < 1.29 is 9.18 Å². The molecule has 0 aliphatic carbocycles. The lowest BCUT2D eigenvalue weighted by Gasteiger charge is -2.07. The molecule has 0 atom stereocenters. The number of aryl methyl sites for hydroxylation is 1. The molecule has 0 saturated carbocycles. The Morgan fingerprint density at radius 2 is 1.75 bits per heavy atom. The van der Waals surface area contributed by atoms with Crippen molar-refractivity contribution in [2.45, 2.75) is 33.1 Å². The van der Waals surface area contributed by atoms with Crippen molar-refractivity contribution in [1.82, 2.24) is 0 Å². The van der Waals surface area contributed by atoms with Gasteiger partial charge in [-0.1, -0.05) is 38.1 Å². The highest BCUT2D eigenvalue weighted by atomic mass is 19.1. The number of benzene rings is 2. The summed E-state index contributed by atoms with van der Waals surface area (Å²) in [6, 6.07) is 12.5. The molecule has 104 valence electrons. The largest absolute Gasteiger partial charge is 0.294 e. The summed E-state index contributed by atoms with van der Waals surface area (Å²) in [6.45, 7) is 6.06. The lowest BCUT2D eigenvalue weighted by atomic mass is 9.98. The Morgan fingerprint density at radius 3 is 2.30 bits per heavy atom. The summed E-state index contributed by atoms with van der Waals surface area (Å²) >= 11 is 0. The van der Waals surface area contributed by atoms with Crippen molar-refractivity contribution in [2.24, 2.45) is 0 Å². The highest BCUT2D eigenvalue weighted by molar-refractivity contribution is 5.97. The average molecular weight is 270 g/mol. The Kier molecular flexibility index (Phi) is 4.33. The van der Waals surface area contributed by atoms with Crippen molar-refractivity contribution in [3.63, 3.8) is 0 Å². The fourth-order valence-corrected chi connectivity index (χ4v) is 2.21. The van der Waals surface area contributed by atoms with E-state index >= 15 is 0 Å². The maximum Gasteiger partial charge on any atom is 0.167 e. The summed E-state index contributed by atoms with van der Waals surface area (Å²) in [4.78, 5) is 12.2. The van der Waals surface area contributed by atoms with Crippen molar-refractivity contribution >= 4 is 5.78 Å². The van der Waals surface area contributed by atoms with Crippen LogP contribution in [0.2, 0.25) is 0 Å². The molecule has 0 amide bonds. The van der Waals surface area contributed by atoms with Crippen LogP contribution < -0.4 is 0 Å². The summed E-state index contributed by atoms with van der Waals surface area (Å²) in [7, 11) is 0. The van der Waals surface area contributed by atoms with Crippen LogP contribution in [0.15, 0.2) is 42.5 Å². The predicted octanol–water partition coefficient (Wildman–Crippen LogP) is 4.68. The van der Waals surface area contributed by atoms with E-state index in [1.54, 1.807) is 13.0 Å². The second-order valence-corrected chi connectivity index (χ2v) is 5.51. The summed E-state index contributed by atoms with van der Waals surface area (Å²) in [5.74, 6) is 0.0685. The SMILES string of the molecule is Cc1cc(F)cc(C(=O)Cc2ccc(C(C)C)cc2)c1. The molecule has 0 bridgehead atoms. The Labute approximate surface area is 119 Å². The van der Waals surface area contributed by atoms with E-state index in [0.29, 0.717) is 17.9 Å². The van der Waals surface area contributed by atoms with Crippen molar-refractivity contribution in [1.29, 1.82) is 0 Å². The van der Waals surface area contributed by atoms with E-state index in [1.165, 1.54) is 17.7 Å². The van der Waals surface area contributed by atoms with Crippen LogP contribution in [-0.2, 0) is 6.42 Å². The zero-order valence-corrected chi connectivity index (χ0v) is 12.1. The molecule has 0 spiro atoms. The Hall–Kier alpha value is -1.96. The summed E-state index contributed by atoms with van der Waals surface area (Å²) in [6.07, 6.45) is 0.307. The number of Topliss-reactive ketones (excluding diaryl/α,β-unsaturated/α-hetero) is 1.